The molecule has 1 aliphatic carbocycles. The monoisotopic (exact) mass is 376 g/mol. The summed E-state index contributed by atoms with van der Waals surface area (Å²) < 4.78 is 38.0. The predicted octanol–water partition coefficient (Wildman–Crippen LogP) is 2.01. The van der Waals surface area contributed by atoms with Gasteiger partial charge in [0.15, 0.2) is 11.5 Å². The van der Waals surface area contributed by atoms with E-state index in [0.717, 1.165) is 30.4 Å². The summed E-state index contributed by atoms with van der Waals surface area (Å²) in [6.45, 7) is 1.63. The first-order valence-corrected chi connectivity index (χ1v) is 9.61. The van der Waals surface area contributed by atoms with Crippen molar-refractivity contribution in [2.75, 3.05) is 14.2 Å². The van der Waals surface area contributed by atoms with Crippen LogP contribution in [0.4, 0.5) is 0 Å². The lowest BCUT2D eigenvalue weighted by atomic mass is 10.1. The highest BCUT2D eigenvalue weighted by Crippen LogP contribution is 2.32. The van der Waals surface area contributed by atoms with Crippen molar-refractivity contribution in [3.8, 4) is 11.5 Å². The molecule has 138 valence electrons. The number of aromatic nitrogens is 1. The number of amides is 1. The lowest BCUT2D eigenvalue weighted by molar-refractivity contribution is 0.0980. The Bertz CT molecular complexity index is 970. The quantitative estimate of drug-likeness (QED) is 0.858. The average molecular weight is 376 g/mol. The lowest BCUT2D eigenvalue weighted by Crippen LogP contribution is -2.32. The van der Waals surface area contributed by atoms with Crippen LogP contribution in [0.25, 0.3) is 0 Å². The van der Waals surface area contributed by atoms with Crippen LogP contribution in [0.3, 0.4) is 0 Å². The smallest absolute Gasteiger partial charge is 0.266 e. The molecule has 0 fully saturated rings. The van der Waals surface area contributed by atoms with E-state index in [2.05, 4.69) is 9.71 Å². The summed E-state index contributed by atoms with van der Waals surface area (Å²) >= 11 is 0. The number of carbonyl (C=O) groups excluding carboxylic acids is 1. The zero-order valence-electron chi connectivity index (χ0n) is 14.8. The number of ether oxygens (including phenoxy) is 2. The molecular formula is C18H20N2O5S. The van der Waals surface area contributed by atoms with Crippen LogP contribution in [0.15, 0.2) is 29.4 Å². The maximum Gasteiger partial charge on any atom is 0.266 e. The molecule has 7 nitrogen and oxygen atoms in total. The van der Waals surface area contributed by atoms with Crippen molar-refractivity contribution in [1.29, 1.82) is 0 Å². The van der Waals surface area contributed by atoms with Crippen molar-refractivity contribution in [2.45, 2.75) is 31.1 Å². The lowest BCUT2D eigenvalue weighted by Gasteiger charge is -2.14. The molecule has 1 aliphatic rings. The minimum Gasteiger partial charge on any atom is -0.493 e. The van der Waals surface area contributed by atoms with Gasteiger partial charge in [0.1, 0.15) is 0 Å². The van der Waals surface area contributed by atoms with Crippen LogP contribution in [0.2, 0.25) is 0 Å². The number of hydrogen-bond donors (Lipinski definition) is 1. The SMILES string of the molecule is COc1cc(C)c(S(=O)(=O)NC(=O)c2cncc3c2CCC3)cc1OC. The van der Waals surface area contributed by atoms with Gasteiger partial charge >= 0.3 is 0 Å². The van der Waals surface area contributed by atoms with Gasteiger partial charge in [-0.1, -0.05) is 0 Å². The van der Waals surface area contributed by atoms with Gasteiger partial charge in [0.2, 0.25) is 0 Å². The second-order valence-electron chi connectivity index (χ2n) is 6.09. The summed E-state index contributed by atoms with van der Waals surface area (Å²) in [4.78, 5) is 16.6. The Labute approximate surface area is 152 Å². The number of benzene rings is 1. The number of nitrogens with one attached hydrogen (secondary N) is 1. The van der Waals surface area contributed by atoms with E-state index >= 15 is 0 Å². The van der Waals surface area contributed by atoms with E-state index in [1.165, 1.54) is 26.5 Å². The molecule has 1 aromatic heterocycles. The Morgan fingerprint density at radius 2 is 1.81 bits per heavy atom. The van der Waals surface area contributed by atoms with E-state index in [4.69, 9.17) is 9.47 Å². The highest BCUT2D eigenvalue weighted by Gasteiger charge is 2.26. The number of fused-ring (bicyclic) bond motifs is 1. The summed E-state index contributed by atoms with van der Waals surface area (Å²) in [6.07, 6.45) is 5.67. The number of rotatable bonds is 5. The van der Waals surface area contributed by atoms with Crippen LogP contribution in [0.1, 0.15) is 33.5 Å². The fourth-order valence-electron chi connectivity index (χ4n) is 3.18. The Morgan fingerprint density at radius 1 is 1.12 bits per heavy atom. The first-order chi connectivity index (χ1) is 12.4. The number of nitrogens with zero attached hydrogens (tertiary/aromatic N) is 1. The summed E-state index contributed by atoms with van der Waals surface area (Å²) in [5, 5.41) is 0. The van der Waals surface area contributed by atoms with Crippen LogP contribution in [0, 0.1) is 6.92 Å². The highest BCUT2D eigenvalue weighted by atomic mass is 32.2. The van der Waals surface area contributed by atoms with Gasteiger partial charge in [0.05, 0.1) is 24.7 Å². The Kier molecular flexibility index (Phi) is 4.86. The number of aryl methyl sites for hydroxylation is 2. The van der Waals surface area contributed by atoms with E-state index in [1.54, 1.807) is 19.2 Å². The summed E-state index contributed by atoms with van der Waals surface area (Å²) in [5.41, 5.74) is 2.62. The summed E-state index contributed by atoms with van der Waals surface area (Å²) in [6, 6.07) is 2.90. The average Bonchev–Trinajstić information content (AvgIpc) is 3.09. The molecule has 0 radical (unpaired) electrons. The predicted molar refractivity (Wildman–Crippen MR) is 95.2 cm³/mol. The molecule has 2 aromatic rings. The molecule has 26 heavy (non-hydrogen) atoms. The van der Waals surface area contributed by atoms with Crippen molar-refractivity contribution < 1.29 is 22.7 Å². The molecule has 1 heterocycles. The second-order valence-corrected chi connectivity index (χ2v) is 7.74. The number of pyridine rings is 1. The van der Waals surface area contributed by atoms with Gasteiger partial charge in [-0.05, 0) is 48.9 Å². The Balaban J connectivity index is 1.95. The molecule has 0 bridgehead atoms. The Hall–Kier alpha value is -2.61. The van der Waals surface area contributed by atoms with Crippen molar-refractivity contribution in [1.82, 2.24) is 9.71 Å². The molecule has 8 heteroatoms. The number of carbonyl (C=O) groups is 1. The van der Waals surface area contributed by atoms with Crippen molar-refractivity contribution >= 4 is 15.9 Å². The van der Waals surface area contributed by atoms with Gasteiger partial charge in [-0.2, -0.15) is 0 Å². The van der Waals surface area contributed by atoms with Crippen molar-refractivity contribution in [3.05, 3.63) is 46.8 Å². The number of sulfonamides is 1. The molecule has 0 unspecified atom stereocenters. The second kappa shape index (κ2) is 6.95. The van der Waals surface area contributed by atoms with Crippen LogP contribution < -0.4 is 14.2 Å². The van der Waals surface area contributed by atoms with Gasteiger partial charge in [-0.25, -0.2) is 13.1 Å². The third-order valence-corrected chi connectivity index (χ3v) is 5.93. The minimum absolute atomic E-state index is 0.0379. The van der Waals surface area contributed by atoms with Gasteiger partial charge in [-0.15, -0.1) is 0 Å². The highest BCUT2D eigenvalue weighted by molar-refractivity contribution is 7.90. The molecule has 0 atom stereocenters. The number of methoxy groups -OCH3 is 2. The fraction of sp³-hybridized carbons (Fsp3) is 0.333. The van der Waals surface area contributed by atoms with E-state index in [-0.39, 0.29) is 10.6 Å². The summed E-state index contributed by atoms with van der Waals surface area (Å²) in [5.74, 6) is 0.0129. The van der Waals surface area contributed by atoms with Crippen LogP contribution in [-0.4, -0.2) is 33.5 Å². The molecule has 0 saturated heterocycles. The van der Waals surface area contributed by atoms with Crippen molar-refractivity contribution in [3.63, 3.8) is 0 Å². The normalized spacial score (nSPS) is 13.2. The third-order valence-electron chi connectivity index (χ3n) is 4.46. The largest absolute Gasteiger partial charge is 0.493 e. The van der Waals surface area contributed by atoms with Gasteiger partial charge in [0.25, 0.3) is 15.9 Å². The third kappa shape index (κ3) is 3.24. The zero-order valence-corrected chi connectivity index (χ0v) is 15.6. The van der Waals surface area contributed by atoms with Gasteiger partial charge in [-0.3, -0.25) is 9.78 Å². The van der Waals surface area contributed by atoms with Gasteiger partial charge in [0, 0.05) is 18.5 Å². The molecule has 1 amide bonds. The van der Waals surface area contributed by atoms with Crippen LogP contribution in [-0.2, 0) is 22.9 Å². The molecule has 1 N–H and O–H groups in total. The minimum atomic E-state index is -4.08. The first-order valence-electron chi connectivity index (χ1n) is 8.13. The molecule has 0 aliphatic heterocycles. The number of hydrogen-bond acceptors (Lipinski definition) is 6. The van der Waals surface area contributed by atoms with Gasteiger partial charge < -0.3 is 9.47 Å². The summed E-state index contributed by atoms with van der Waals surface area (Å²) in [7, 11) is -1.19. The topological polar surface area (TPSA) is 94.6 Å². The molecule has 0 spiro atoms. The first kappa shape index (κ1) is 18.2. The molecule has 3 rings (SSSR count). The van der Waals surface area contributed by atoms with Crippen LogP contribution >= 0.6 is 0 Å². The standard InChI is InChI=1S/C18H20N2O5S/c1-11-7-15(24-2)16(25-3)8-17(11)26(22,23)20-18(21)14-10-19-9-12-5-4-6-13(12)14/h7-10H,4-6H2,1-3H3,(H,20,21). The zero-order chi connectivity index (χ0) is 18.9. The molecule has 1 aromatic carbocycles. The molecular weight excluding hydrogens is 356 g/mol. The van der Waals surface area contributed by atoms with E-state index in [0.29, 0.717) is 16.9 Å². The molecule has 0 saturated carbocycles. The maximum absolute atomic E-state index is 12.8. The van der Waals surface area contributed by atoms with E-state index in [9.17, 15) is 13.2 Å². The Morgan fingerprint density at radius 3 is 2.50 bits per heavy atom. The maximum atomic E-state index is 12.8. The van der Waals surface area contributed by atoms with E-state index in [1.807, 2.05) is 0 Å². The van der Waals surface area contributed by atoms with E-state index < -0.39 is 15.9 Å². The fourth-order valence-corrected chi connectivity index (χ4v) is 4.38. The van der Waals surface area contributed by atoms with Crippen LogP contribution in [0.5, 0.6) is 11.5 Å². The van der Waals surface area contributed by atoms with Crippen molar-refractivity contribution in [2.24, 2.45) is 0 Å².